The lowest BCUT2D eigenvalue weighted by molar-refractivity contribution is 0.231. The Morgan fingerprint density at radius 2 is 2.04 bits per heavy atom. The van der Waals surface area contributed by atoms with E-state index in [1.54, 1.807) is 0 Å². The third-order valence-electron chi connectivity index (χ3n) is 4.56. The molecule has 0 amide bonds. The van der Waals surface area contributed by atoms with Crippen molar-refractivity contribution in [3.05, 3.63) is 47.2 Å². The van der Waals surface area contributed by atoms with Crippen molar-refractivity contribution in [2.75, 3.05) is 51.2 Å². The molecule has 0 saturated carbocycles. The summed E-state index contributed by atoms with van der Waals surface area (Å²) in [7, 11) is 2.16. The van der Waals surface area contributed by atoms with Crippen LogP contribution in [0.2, 0.25) is 5.02 Å². The molecule has 2 aromatic rings. The summed E-state index contributed by atoms with van der Waals surface area (Å²) in [4.78, 5) is 7.33. The lowest BCUT2D eigenvalue weighted by Gasteiger charge is -2.36. The Kier molecular flexibility index (Phi) is 6.12. The third kappa shape index (κ3) is 4.97. The van der Waals surface area contributed by atoms with E-state index in [4.69, 9.17) is 11.6 Å². The molecule has 2 heterocycles. The first-order valence-electron chi connectivity index (χ1n) is 8.60. The molecule has 0 aliphatic carbocycles. The zero-order valence-electron chi connectivity index (χ0n) is 14.3. The van der Waals surface area contributed by atoms with E-state index in [-0.39, 0.29) is 0 Å². The van der Waals surface area contributed by atoms with E-state index >= 15 is 0 Å². The van der Waals surface area contributed by atoms with Crippen LogP contribution in [-0.2, 0) is 6.54 Å². The lowest BCUT2D eigenvalue weighted by Crippen LogP contribution is -2.47. The number of nitrogens with one attached hydrogen (secondary N) is 1. The van der Waals surface area contributed by atoms with Gasteiger partial charge in [-0.2, -0.15) is 5.10 Å². The zero-order valence-corrected chi connectivity index (χ0v) is 15.0. The number of rotatable bonds is 7. The molecular weight excluding hydrogens is 322 g/mol. The Balaban J connectivity index is 1.35. The topological polar surface area (TPSA) is 38.4 Å². The molecule has 130 valence electrons. The Morgan fingerprint density at radius 3 is 2.75 bits per heavy atom. The number of halogens is 1. The van der Waals surface area contributed by atoms with Crippen molar-refractivity contribution in [1.82, 2.24) is 20.0 Å². The van der Waals surface area contributed by atoms with Crippen LogP contribution in [0.5, 0.6) is 0 Å². The van der Waals surface area contributed by atoms with Gasteiger partial charge < -0.3 is 9.80 Å². The minimum Gasteiger partial charge on any atom is -0.369 e. The van der Waals surface area contributed by atoms with Crippen LogP contribution < -0.4 is 4.90 Å². The van der Waals surface area contributed by atoms with Gasteiger partial charge in [-0.1, -0.05) is 17.7 Å². The first-order chi connectivity index (χ1) is 11.7. The Hall–Kier alpha value is -1.56. The number of aromatic amines is 1. The summed E-state index contributed by atoms with van der Waals surface area (Å²) in [5.41, 5.74) is 2.41. The molecule has 1 N–H and O–H groups in total. The quantitative estimate of drug-likeness (QED) is 0.835. The highest BCUT2D eigenvalue weighted by atomic mass is 35.5. The number of anilines is 1. The van der Waals surface area contributed by atoms with Crippen LogP contribution in [0.1, 0.15) is 12.1 Å². The maximum absolute atomic E-state index is 6.09. The molecule has 1 aliphatic rings. The van der Waals surface area contributed by atoms with Gasteiger partial charge in [0.1, 0.15) is 0 Å². The van der Waals surface area contributed by atoms with Crippen molar-refractivity contribution in [3.8, 4) is 0 Å². The van der Waals surface area contributed by atoms with E-state index in [0.29, 0.717) is 0 Å². The van der Waals surface area contributed by atoms with Gasteiger partial charge in [0.05, 0.1) is 0 Å². The Labute approximate surface area is 149 Å². The smallest absolute Gasteiger partial charge is 0.0492 e. The van der Waals surface area contributed by atoms with Gasteiger partial charge in [0.25, 0.3) is 0 Å². The van der Waals surface area contributed by atoms with E-state index < -0.39 is 0 Å². The highest BCUT2D eigenvalue weighted by Crippen LogP contribution is 2.20. The Morgan fingerprint density at radius 1 is 1.21 bits per heavy atom. The van der Waals surface area contributed by atoms with E-state index in [1.165, 1.54) is 17.8 Å². The van der Waals surface area contributed by atoms with E-state index in [0.717, 1.165) is 50.8 Å². The standard InChI is InChI=1S/C18H26ClN5/c1-22(15-17-6-7-20-21-17)8-3-9-23-10-12-24(13-11-23)18-5-2-4-16(19)14-18/h2,4-7,14H,3,8-13,15H2,1H3,(H,20,21). The first kappa shape index (κ1) is 17.3. The molecule has 1 saturated heterocycles. The molecule has 0 bridgehead atoms. The molecular formula is C18H26ClN5. The molecule has 6 heteroatoms. The summed E-state index contributed by atoms with van der Waals surface area (Å²) >= 11 is 6.09. The molecule has 0 atom stereocenters. The fourth-order valence-electron chi connectivity index (χ4n) is 3.21. The molecule has 0 radical (unpaired) electrons. The van der Waals surface area contributed by atoms with Crippen LogP contribution >= 0.6 is 11.6 Å². The SMILES string of the molecule is CN(CCCN1CCN(c2cccc(Cl)c2)CC1)Cc1ccn[nH]1. The predicted molar refractivity (Wildman–Crippen MR) is 99.6 cm³/mol. The summed E-state index contributed by atoms with van der Waals surface area (Å²) < 4.78 is 0. The number of aromatic nitrogens is 2. The molecule has 0 unspecified atom stereocenters. The summed E-state index contributed by atoms with van der Waals surface area (Å²) in [6.07, 6.45) is 3.00. The molecule has 24 heavy (non-hydrogen) atoms. The second kappa shape index (κ2) is 8.51. The van der Waals surface area contributed by atoms with Gasteiger partial charge in [0.15, 0.2) is 0 Å². The average molecular weight is 348 g/mol. The largest absolute Gasteiger partial charge is 0.369 e. The monoisotopic (exact) mass is 347 g/mol. The van der Waals surface area contributed by atoms with Gasteiger partial charge in [0.2, 0.25) is 0 Å². The van der Waals surface area contributed by atoms with Crippen LogP contribution in [0.3, 0.4) is 0 Å². The lowest BCUT2D eigenvalue weighted by atomic mass is 10.2. The summed E-state index contributed by atoms with van der Waals surface area (Å²) in [5.74, 6) is 0. The van der Waals surface area contributed by atoms with Crippen LogP contribution in [0.25, 0.3) is 0 Å². The fraction of sp³-hybridized carbons (Fsp3) is 0.500. The maximum Gasteiger partial charge on any atom is 0.0492 e. The molecule has 1 fully saturated rings. The molecule has 1 aliphatic heterocycles. The normalized spacial score (nSPS) is 16.0. The maximum atomic E-state index is 6.09. The zero-order chi connectivity index (χ0) is 16.8. The average Bonchev–Trinajstić information content (AvgIpc) is 3.08. The summed E-state index contributed by atoms with van der Waals surface area (Å²) in [5, 5.41) is 7.82. The van der Waals surface area contributed by atoms with Crippen LogP contribution in [0.15, 0.2) is 36.5 Å². The van der Waals surface area contributed by atoms with Gasteiger partial charge in [-0.05, 0) is 50.8 Å². The van der Waals surface area contributed by atoms with E-state index in [9.17, 15) is 0 Å². The highest BCUT2D eigenvalue weighted by molar-refractivity contribution is 6.30. The molecule has 1 aromatic heterocycles. The molecule has 5 nitrogen and oxygen atoms in total. The van der Waals surface area contributed by atoms with Crippen LogP contribution in [0.4, 0.5) is 5.69 Å². The third-order valence-corrected chi connectivity index (χ3v) is 4.79. The van der Waals surface area contributed by atoms with Crippen molar-refractivity contribution in [1.29, 1.82) is 0 Å². The first-order valence-corrected chi connectivity index (χ1v) is 8.98. The van der Waals surface area contributed by atoms with Gasteiger partial charge in [-0.15, -0.1) is 0 Å². The second-order valence-electron chi connectivity index (χ2n) is 6.48. The molecule has 0 spiro atoms. The number of benzene rings is 1. The predicted octanol–water partition coefficient (Wildman–Crippen LogP) is 2.71. The van der Waals surface area contributed by atoms with Gasteiger partial charge in [-0.3, -0.25) is 10.00 Å². The number of nitrogens with zero attached hydrogens (tertiary/aromatic N) is 4. The minimum absolute atomic E-state index is 0.815. The number of hydrogen-bond donors (Lipinski definition) is 1. The number of H-pyrrole nitrogens is 1. The Bertz CT molecular complexity index is 608. The van der Waals surface area contributed by atoms with Crippen LogP contribution in [0, 0.1) is 0 Å². The molecule has 3 rings (SSSR count). The van der Waals surface area contributed by atoms with E-state index in [1.807, 2.05) is 24.4 Å². The van der Waals surface area contributed by atoms with Crippen LogP contribution in [-0.4, -0.2) is 66.3 Å². The second-order valence-corrected chi connectivity index (χ2v) is 6.92. The summed E-state index contributed by atoms with van der Waals surface area (Å²) in [6.45, 7) is 7.59. The van der Waals surface area contributed by atoms with Gasteiger partial charge in [0, 0.05) is 55.3 Å². The molecule has 1 aromatic carbocycles. The minimum atomic E-state index is 0.815. The van der Waals surface area contributed by atoms with Gasteiger partial charge >= 0.3 is 0 Å². The highest BCUT2D eigenvalue weighted by Gasteiger charge is 2.17. The van der Waals surface area contributed by atoms with Crippen molar-refractivity contribution in [2.24, 2.45) is 0 Å². The fourth-order valence-corrected chi connectivity index (χ4v) is 3.39. The van der Waals surface area contributed by atoms with Crippen molar-refractivity contribution < 1.29 is 0 Å². The van der Waals surface area contributed by atoms with Crippen molar-refractivity contribution >= 4 is 17.3 Å². The van der Waals surface area contributed by atoms with Gasteiger partial charge in [-0.25, -0.2) is 0 Å². The van der Waals surface area contributed by atoms with Crippen molar-refractivity contribution in [2.45, 2.75) is 13.0 Å². The number of hydrogen-bond acceptors (Lipinski definition) is 4. The van der Waals surface area contributed by atoms with Crippen molar-refractivity contribution in [3.63, 3.8) is 0 Å². The summed E-state index contributed by atoms with van der Waals surface area (Å²) in [6, 6.07) is 10.2. The van der Waals surface area contributed by atoms with E-state index in [2.05, 4.69) is 44.1 Å². The number of piperazine rings is 1.